The molecular weight excluding hydrogens is 314 g/mol. The second-order valence-corrected chi connectivity index (χ2v) is 6.65. The van der Waals surface area contributed by atoms with Crippen molar-refractivity contribution in [1.82, 2.24) is 14.9 Å². The lowest BCUT2D eigenvalue weighted by molar-refractivity contribution is 0.0706. The summed E-state index contributed by atoms with van der Waals surface area (Å²) in [6, 6.07) is 16.0. The van der Waals surface area contributed by atoms with Gasteiger partial charge in [0.2, 0.25) is 0 Å². The normalized spacial score (nSPS) is 14.5. The molecule has 25 heavy (non-hydrogen) atoms. The Morgan fingerprint density at radius 2 is 1.92 bits per heavy atom. The van der Waals surface area contributed by atoms with E-state index in [2.05, 4.69) is 40.8 Å². The molecule has 1 aromatic heterocycles. The Bertz CT molecular complexity index is 928. The minimum atomic E-state index is -0.489. The standard InChI is InChI=1S/C20H21N3O2/c1-22-11-10-17-16-4-2-3-5-18(16)23(19(17)13-22)12-14-6-8-15(9-7-14)20(24)21-25/h2-9,25H,10-13H2,1H3,(H,21,24). The maximum Gasteiger partial charge on any atom is 0.274 e. The van der Waals surface area contributed by atoms with Crippen molar-refractivity contribution in [2.45, 2.75) is 19.5 Å². The van der Waals surface area contributed by atoms with E-state index in [1.54, 1.807) is 17.6 Å². The van der Waals surface area contributed by atoms with E-state index >= 15 is 0 Å². The number of hydrogen-bond donors (Lipinski definition) is 2. The lowest BCUT2D eigenvalue weighted by atomic mass is 10.0. The van der Waals surface area contributed by atoms with Crippen LogP contribution in [0.25, 0.3) is 10.9 Å². The first-order valence-corrected chi connectivity index (χ1v) is 8.48. The fraction of sp³-hybridized carbons (Fsp3) is 0.250. The molecule has 0 aliphatic carbocycles. The van der Waals surface area contributed by atoms with E-state index in [-0.39, 0.29) is 0 Å². The Morgan fingerprint density at radius 1 is 1.16 bits per heavy atom. The van der Waals surface area contributed by atoms with Gasteiger partial charge in [0.25, 0.3) is 5.91 Å². The van der Waals surface area contributed by atoms with E-state index in [1.165, 1.54) is 22.2 Å². The van der Waals surface area contributed by atoms with Crippen molar-refractivity contribution in [3.63, 3.8) is 0 Å². The van der Waals surface area contributed by atoms with Crippen molar-refractivity contribution in [1.29, 1.82) is 0 Å². The summed E-state index contributed by atoms with van der Waals surface area (Å²) in [4.78, 5) is 13.8. The topological polar surface area (TPSA) is 57.5 Å². The number of nitrogens with zero attached hydrogens (tertiary/aromatic N) is 2. The molecule has 0 atom stereocenters. The minimum absolute atomic E-state index is 0.449. The summed E-state index contributed by atoms with van der Waals surface area (Å²) in [7, 11) is 2.16. The summed E-state index contributed by atoms with van der Waals surface area (Å²) >= 11 is 0. The Balaban J connectivity index is 1.74. The molecule has 4 rings (SSSR count). The van der Waals surface area contributed by atoms with Gasteiger partial charge in [0.15, 0.2) is 0 Å². The van der Waals surface area contributed by atoms with Crippen molar-refractivity contribution in [2.24, 2.45) is 0 Å². The third-order valence-electron chi connectivity index (χ3n) is 5.02. The smallest absolute Gasteiger partial charge is 0.274 e. The largest absolute Gasteiger partial charge is 0.339 e. The number of carbonyl (C=O) groups excluding carboxylic acids is 1. The van der Waals surface area contributed by atoms with Gasteiger partial charge in [-0.3, -0.25) is 10.0 Å². The van der Waals surface area contributed by atoms with Gasteiger partial charge in [0, 0.05) is 41.8 Å². The van der Waals surface area contributed by atoms with Gasteiger partial charge in [-0.1, -0.05) is 30.3 Å². The summed E-state index contributed by atoms with van der Waals surface area (Å²) < 4.78 is 2.39. The fourth-order valence-electron chi connectivity index (χ4n) is 3.71. The molecule has 0 saturated carbocycles. The van der Waals surface area contributed by atoms with Crippen LogP contribution in [0.3, 0.4) is 0 Å². The molecule has 0 radical (unpaired) electrons. The van der Waals surface area contributed by atoms with E-state index in [0.29, 0.717) is 5.56 Å². The molecule has 0 unspecified atom stereocenters. The number of aromatic nitrogens is 1. The highest BCUT2D eigenvalue weighted by Crippen LogP contribution is 2.31. The fourth-order valence-corrected chi connectivity index (χ4v) is 3.71. The van der Waals surface area contributed by atoms with Crippen molar-refractivity contribution in [3.05, 3.63) is 70.9 Å². The van der Waals surface area contributed by atoms with E-state index in [0.717, 1.165) is 31.6 Å². The monoisotopic (exact) mass is 335 g/mol. The number of fused-ring (bicyclic) bond motifs is 3. The summed E-state index contributed by atoms with van der Waals surface area (Å²) in [5.74, 6) is -0.489. The van der Waals surface area contributed by atoms with Crippen molar-refractivity contribution in [3.8, 4) is 0 Å². The third kappa shape index (κ3) is 2.81. The molecule has 5 heteroatoms. The summed E-state index contributed by atoms with van der Waals surface area (Å²) in [5.41, 5.74) is 7.36. The van der Waals surface area contributed by atoms with Crippen LogP contribution in [-0.2, 0) is 19.5 Å². The number of carbonyl (C=O) groups is 1. The molecule has 1 amide bonds. The van der Waals surface area contributed by atoms with Crippen molar-refractivity contribution >= 4 is 16.8 Å². The number of para-hydroxylation sites is 1. The summed E-state index contributed by atoms with van der Waals surface area (Å²) in [6.07, 6.45) is 1.08. The van der Waals surface area contributed by atoms with E-state index in [4.69, 9.17) is 5.21 Å². The van der Waals surface area contributed by atoms with E-state index in [9.17, 15) is 4.79 Å². The summed E-state index contributed by atoms with van der Waals surface area (Å²) in [6.45, 7) is 2.81. The molecule has 0 fully saturated rings. The highest BCUT2D eigenvalue weighted by atomic mass is 16.5. The van der Waals surface area contributed by atoms with Gasteiger partial charge in [0.1, 0.15) is 0 Å². The minimum Gasteiger partial charge on any atom is -0.339 e. The van der Waals surface area contributed by atoms with Gasteiger partial charge >= 0.3 is 0 Å². The van der Waals surface area contributed by atoms with Gasteiger partial charge in [0.05, 0.1) is 0 Å². The molecule has 2 heterocycles. The number of rotatable bonds is 3. The molecule has 1 aliphatic rings. The molecule has 128 valence electrons. The van der Waals surface area contributed by atoms with Crippen LogP contribution in [0.2, 0.25) is 0 Å². The van der Waals surface area contributed by atoms with Crippen LogP contribution in [-0.4, -0.2) is 34.2 Å². The van der Waals surface area contributed by atoms with Crippen LogP contribution in [0.5, 0.6) is 0 Å². The second kappa shape index (κ2) is 6.35. The number of hydroxylamine groups is 1. The van der Waals surface area contributed by atoms with Gasteiger partial charge in [-0.25, -0.2) is 5.48 Å². The number of nitrogens with one attached hydrogen (secondary N) is 1. The predicted octanol–water partition coefficient (Wildman–Crippen LogP) is 2.80. The van der Waals surface area contributed by atoms with Gasteiger partial charge in [-0.2, -0.15) is 0 Å². The average molecular weight is 335 g/mol. The van der Waals surface area contributed by atoms with Crippen LogP contribution >= 0.6 is 0 Å². The van der Waals surface area contributed by atoms with Crippen LogP contribution < -0.4 is 5.48 Å². The van der Waals surface area contributed by atoms with Crippen molar-refractivity contribution < 1.29 is 10.0 Å². The number of hydrogen-bond acceptors (Lipinski definition) is 3. The molecule has 0 spiro atoms. The van der Waals surface area contributed by atoms with Crippen molar-refractivity contribution in [2.75, 3.05) is 13.6 Å². The molecule has 1 aliphatic heterocycles. The maximum absolute atomic E-state index is 11.5. The Labute approximate surface area is 146 Å². The van der Waals surface area contributed by atoms with E-state index < -0.39 is 5.91 Å². The lowest BCUT2D eigenvalue weighted by Gasteiger charge is -2.24. The first-order chi connectivity index (χ1) is 12.2. The molecule has 5 nitrogen and oxygen atoms in total. The Morgan fingerprint density at radius 3 is 2.68 bits per heavy atom. The molecule has 0 bridgehead atoms. The number of amides is 1. The molecule has 0 saturated heterocycles. The van der Waals surface area contributed by atoms with E-state index in [1.807, 2.05) is 12.1 Å². The first-order valence-electron chi connectivity index (χ1n) is 8.48. The first kappa shape index (κ1) is 15.9. The highest BCUT2D eigenvalue weighted by molar-refractivity contribution is 5.93. The molecule has 2 N–H and O–H groups in total. The zero-order valence-corrected chi connectivity index (χ0v) is 14.2. The predicted molar refractivity (Wildman–Crippen MR) is 96.8 cm³/mol. The van der Waals surface area contributed by atoms with Crippen LogP contribution in [0.4, 0.5) is 0 Å². The van der Waals surface area contributed by atoms with Gasteiger partial charge < -0.3 is 9.47 Å². The lowest BCUT2D eigenvalue weighted by Crippen LogP contribution is -2.27. The quantitative estimate of drug-likeness (QED) is 0.572. The van der Waals surface area contributed by atoms with Crippen LogP contribution in [0.1, 0.15) is 27.2 Å². The molecular formula is C20H21N3O2. The average Bonchev–Trinajstić information content (AvgIpc) is 2.95. The zero-order chi connectivity index (χ0) is 17.4. The van der Waals surface area contributed by atoms with Gasteiger partial charge in [-0.15, -0.1) is 0 Å². The van der Waals surface area contributed by atoms with Gasteiger partial charge in [-0.05, 0) is 42.8 Å². The molecule has 2 aromatic carbocycles. The zero-order valence-electron chi connectivity index (χ0n) is 14.2. The summed E-state index contributed by atoms with van der Waals surface area (Å²) in [5, 5.41) is 10.1. The highest BCUT2D eigenvalue weighted by Gasteiger charge is 2.22. The van der Waals surface area contributed by atoms with Crippen LogP contribution in [0, 0.1) is 0 Å². The second-order valence-electron chi connectivity index (χ2n) is 6.65. The Hall–Kier alpha value is -2.63. The Kier molecular flexibility index (Phi) is 4.03. The number of benzene rings is 2. The maximum atomic E-state index is 11.5. The SMILES string of the molecule is CN1CCc2c(n(Cc3ccc(C(=O)NO)cc3)c3ccccc23)C1. The van der Waals surface area contributed by atoms with Crippen LogP contribution in [0.15, 0.2) is 48.5 Å². The molecule has 3 aromatic rings. The third-order valence-corrected chi connectivity index (χ3v) is 5.02. The number of likely N-dealkylation sites (N-methyl/N-ethyl adjacent to an activating group) is 1.